The van der Waals surface area contributed by atoms with Crippen molar-refractivity contribution in [1.29, 1.82) is 0 Å². The molecular formula is C17H26N2O4. The van der Waals surface area contributed by atoms with Gasteiger partial charge in [0.2, 0.25) is 0 Å². The number of amides is 2. The van der Waals surface area contributed by atoms with Crippen molar-refractivity contribution in [1.82, 2.24) is 0 Å². The number of rotatable bonds is 9. The summed E-state index contributed by atoms with van der Waals surface area (Å²) in [4.78, 5) is 22.9. The van der Waals surface area contributed by atoms with Crippen molar-refractivity contribution < 1.29 is 19.1 Å². The first-order valence-corrected chi connectivity index (χ1v) is 8.13. The maximum Gasteiger partial charge on any atom is 0.411 e. The van der Waals surface area contributed by atoms with Gasteiger partial charge in [-0.05, 0) is 37.6 Å². The molecule has 23 heavy (non-hydrogen) atoms. The summed E-state index contributed by atoms with van der Waals surface area (Å²) in [6, 6.07) is 6.72. The monoisotopic (exact) mass is 322 g/mol. The van der Waals surface area contributed by atoms with Crippen LogP contribution in [0.4, 0.5) is 21.0 Å². The molecule has 0 aliphatic rings. The number of ether oxygens (including phenoxy) is 2. The van der Waals surface area contributed by atoms with Gasteiger partial charge in [-0.1, -0.05) is 32.6 Å². The Morgan fingerprint density at radius 2 is 1.35 bits per heavy atom. The Hall–Kier alpha value is -2.24. The van der Waals surface area contributed by atoms with Crippen LogP contribution in [-0.2, 0) is 9.47 Å². The third-order valence-electron chi connectivity index (χ3n) is 3.13. The summed E-state index contributed by atoms with van der Waals surface area (Å²) in [5.41, 5.74) is 1.20. The van der Waals surface area contributed by atoms with Gasteiger partial charge in [-0.25, -0.2) is 9.59 Å². The molecule has 1 aromatic rings. The zero-order valence-corrected chi connectivity index (χ0v) is 13.9. The summed E-state index contributed by atoms with van der Waals surface area (Å²) in [7, 11) is 0. The average molecular weight is 322 g/mol. The number of carbonyl (C=O) groups is 2. The minimum absolute atomic E-state index is 0.315. The zero-order valence-electron chi connectivity index (χ0n) is 13.9. The molecule has 0 bridgehead atoms. The number of hydrogen-bond acceptors (Lipinski definition) is 4. The number of hydrogen-bond donors (Lipinski definition) is 2. The Bertz CT molecular complexity index is 474. The fourth-order valence-electron chi connectivity index (χ4n) is 1.95. The predicted molar refractivity (Wildman–Crippen MR) is 90.8 cm³/mol. The molecule has 0 heterocycles. The number of nitrogens with one attached hydrogen (secondary N) is 2. The highest BCUT2D eigenvalue weighted by Crippen LogP contribution is 2.14. The quantitative estimate of drug-likeness (QED) is 0.642. The van der Waals surface area contributed by atoms with E-state index in [0.29, 0.717) is 24.6 Å². The topological polar surface area (TPSA) is 76.7 Å². The summed E-state index contributed by atoms with van der Waals surface area (Å²) in [5, 5.41) is 5.22. The highest BCUT2D eigenvalue weighted by molar-refractivity contribution is 5.87. The molecule has 0 aliphatic carbocycles. The van der Waals surface area contributed by atoms with Gasteiger partial charge in [0, 0.05) is 11.4 Å². The molecule has 0 atom stereocenters. The maximum absolute atomic E-state index is 11.6. The lowest BCUT2D eigenvalue weighted by molar-refractivity contribution is 0.159. The van der Waals surface area contributed by atoms with E-state index in [-0.39, 0.29) is 0 Å². The van der Waals surface area contributed by atoms with Crippen LogP contribution in [0.5, 0.6) is 0 Å². The fourth-order valence-corrected chi connectivity index (χ4v) is 1.95. The molecule has 2 N–H and O–H groups in total. The van der Waals surface area contributed by atoms with Crippen molar-refractivity contribution >= 4 is 23.6 Å². The van der Waals surface area contributed by atoms with Crippen LogP contribution < -0.4 is 10.6 Å². The van der Waals surface area contributed by atoms with Crippen LogP contribution in [0.15, 0.2) is 24.3 Å². The Balaban J connectivity index is 2.26. The Kier molecular flexibility index (Phi) is 9.28. The normalized spacial score (nSPS) is 10.0. The summed E-state index contributed by atoms with van der Waals surface area (Å²) >= 11 is 0. The molecule has 0 aliphatic heterocycles. The second-order valence-electron chi connectivity index (χ2n) is 5.10. The molecule has 0 fully saturated rings. The van der Waals surface area contributed by atoms with E-state index in [1.165, 1.54) is 19.3 Å². The van der Waals surface area contributed by atoms with Gasteiger partial charge in [0.15, 0.2) is 0 Å². The minimum atomic E-state index is -0.504. The smallest absolute Gasteiger partial charge is 0.411 e. The van der Waals surface area contributed by atoms with E-state index < -0.39 is 12.2 Å². The molecule has 1 rings (SSSR count). The molecule has 0 aromatic heterocycles. The van der Waals surface area contributed by atoms with Crippen molar-refractivity contribution in [3.8, 4) is 0 Å². The van der Waals surface area contributed by atoms with Gasteiger partial charge in [-0.3, -0.25) is 10.6 Å². The molecule has 0 saturated heterocycles. The standard InChI is InChI=1S/C17H26N2O4/c1-3-5-6-7-8-13-23-17(21)19-15-11-9-14(10-12-15)18-16(20)22-4-2/h9-12H,3-8,13H2,1-2H3,(H,18,20)(H,19,21). The molecule has 0 unspecified atom stereocenters. The van der Waals surface area contributed by atoms with Crippen LogP contribution >= 0.6 is 0 Å². The lowest BCUT2D eigenvalue weighted by Crippen LogP contribution is -2.15. The van der Waals surface area contributed by atoms with Gasteiger partial charge >= 0.3 is 12.2 Å². The van der Waals surface area contributed by atoms with E-state index in [1.807, 2.05) is 0 Å². The highest BCUT2D eigenvalue weighted by Gasteiger charge is 2.05. The Labute approximate surface area is 137 Å². The molecule has 0 radical (unpaired) electrons. The van der Waals surface area contributed by atoms with Crippen LogP contribution in [0.3, 0.4) is 0 Å². The van der Waals surface area contributed by atoms with Crippen molar-refractivity contribution in [3.63, 3.8) is 0 Å². The largest absolute Gasteiger partial charge is 0.450 e. The molecule has 6 heteroatoms. The lowest BCUT2D eigenvalue weighted by atomic mass is 10.2. The Morgan fingerprint density at radius 1 is 0.826 bits per heavy atom. The SMILES string of the molecule is CCCCCCCOC(=O)Nc1ccc(NC(=O)OCC)cc1. The van der Waals surface area contributed by atoms with Crippen molar-refractivity contribution in [2.24, 2.45) is 0 Å². The maximum atomic E-state index is 11.6. The first kappa shape index (κ1) is 18.8. The van der Waals surface area contributed by atoms with Crippen LogP contribution in [0.2, 0.25) is 0 Å². The molecule has 0 spiro atoms. The lowest BCUT2D eigenvalue weighted by Gasteiger charge is -2.08. The highest BCUT2D eigenvalue weighted by atomic mass is 16.6. The van der Waals surface area contributed by atoms with E-state index in [1.54, 1.807) is 31.2 Å². The number of unbranched alkanes of at least 4 members (excludes halogenated alkanes) is 4. The summed E-state index contributed by atoms with van der Waals surface area (Å²) in [6.07, 6.45) is 4.59. The molecule has 6 nitrogen and oxygen atoms in total. The fraction of sp³-hybridized carbons (Fsp3) is 0.529. The van der Waals surface area contributed by atoms with Gasteiger partial charge in [0.05, 0.1) is 13.2 Å². The summed E-state index contributed by atoms with van der Waals surface area (Å²) in [5.74, 6) is 0. The van der Waals surface area contributed by atoms with Crippen LogP contribution in [0.1, 0.15) is 46.0 Å². The summed E-state index contributed by atoms with van der Waals surface area (Å²) < 4.78 is 9.89. The zero-order chi connectivity index (χ0) is 16.9. The van der Waals surface area contributed by atoms with Crippen LogP contribution in [0, 0.1) is 0 Å². The van der Waals surface area contributed by atoms with E-state index >= 15 is 0 Å². The van der Waals surface area contributed by atoms with E-state index in [4.69, 9.17) is 9.47 Å². The molecule has 2 amide bonds. The molecule has 128 valence electrons. The van der Waals surface area contributed by atoms with Gasteiger partial charge in [-0.2, -0.15) is 0 Å². The molecule has 1 aromatic carbocycles. The third kappa shape index (κ3) is 8.70. The first-order chi connectivity index (χ1) is 11.2. The van der Waals surface area contributed by atoms with Crippen molar-refractivity contribution in [2.75, 3.05) is 23.8 Å². The minimum Gasteiger partial charge on any atom is -0.450 e. The van der Waals surface area contributed by atoms with E-state index in [2.05, 4.69) is 17.6 Å². The summed E-state index contributed by atoms with van der Waals surface area (Å²) in [6.45, 7) is 4.65. The van der Waals surface area contributed by atoms with Gasteiger partial charge in [0.25, 0.3) is 0 Å². The van der Waals surface area contributed by atoms with Crippen LogP contribution in [0.25, 0.3) is 0 Å². The second-order valence-corrected chi connectivity index (χ2v) is 5.10. The predicted octanol–water partition coefficient (Wildman–Crippen LogP) is 4.77. The number of benzene rings is 1. The number of anilines is 2. The van der Waals surface area contributed by atoms with E-state index in [9.17, 15) is 9.59 Å². The van der Waals surface area contributed by atoms with Gasteiger partial charge < -0.3 is 9.47 Å². The van der Waals surface area contributed by atoms with Gasteiger partial charge in [-0.15, -0.1) is 0 Å². The van der Waals surface area contributed by atoms with Crippen molar-refractivity contribution in [3.05, 3.63) is 24.3 Å². The number of carbonyl (C=O) groups excluding carboxylic acids is 2. The van der Waals surface area contributed by atoms with Crippen LogP contribution in [-0.4, -0.2) is 25.4 Å². The van der Waals surface area contributed by atoms with E-state index in [0.717, 1.165) is 12.8 Å². The molecular weight excluding hydrogens is 296 g/mol. The second kappa shape index (κ2) is 11.3. The van der Waals surface area contributed by atoms with Crippen molar-refractivity contribution in [2.45, 2.75) is 46.0 Å². The van der Waals surface area contributed by atoms with Gasteiger partial charge in [0.1, 0.15) is 0 Å². The third-order valence-corrected chi connectivity index (χ3v) is 3.13. The molecule has 0 saturated carbocycles. The Morgan fingerprint density at radius 3 is 1.87 bits per heavy atom. The first-order valence-electron chi connectivity index (χ1n) is 8.13. The average Bonchev–Trinajstić information content (AvgIpc) is 2.53.